The second kappa shape index (κ2) is 7.06. The largest absolute Gasteiger partial charge is 0.375 e. The van der Waals surface area contributed by atoms with Gasteiger partial charge in [0.1, 0.15) is 0 Å². The van der Waals surface area contributed by atoms with Crippen LogP contribution in [-0.4, -0.2) is 29.9 Å². The monoisotopic (exact) mass is 271 g/mol. The van der Waals surface area contributed by atoms with Gasteiger partial charge in [-0.1, -0.05) is 42.5 Å². The van der Waals surface area contributed by atoms with Crippen LogP contribution in [0, 0.1) is 0 Å². The van der Waals surface area contributed by atoms with Crippen LogP contribution in [0.3, 0.4) is 0 Å². The third-order valence-corrected chi connectivity index (χ3v) is 3.23. The molecule has 0 aliphatic carbocycles. The minimum atomic E-state index is 0.105. The molecule has 1 aromatic carbocycles. The average Bonchev–Trinajstić information content (AvgIpc) is 2.42. The predicted molar refractivity (Wildman–Crippen MR) is 80.2 cm³/mol. The van der Waals surface area contributed by atoms with E-state index in [1.165, 1.54) is 0 Å². The molecule has 1 unspecified atom stereocenters. The van der Waals surface area contributed by atoms with Crippen LogP contribution in [0.4, 0.5) is 0 Å². The molecule has 0 spiro atoms. The van der Waals surface area contributed by atoms with Gasteiger partial charge >= 0.3 is 0 Å². The number of rotatable bonds is 6. The quantitative estimate of drug-likeness (QED) is 0.745. The van der Waals surface area contributed by atoms with E-state index in [1.807, 2.05) is 43.5 Å². The van der Waals surface area contributed by atoms with Crippen LogP contribution in [-0.2, 0) is 16.1 Å². The molecule has 0 N–H and O–H groups in total. The number of hydrogen-bond donors (Lipinski definition) is 0. The lowest BCUT2D eigenvalue weighted by molar-refractivity contribution is -0.117. The molecule has 3 nitrogen and oxygen atoms in total. The first-order valence-electron chi connectivity index (χ1n) is 6.88. The van der Waals surface area contributed by atoms with Crippen molar-refractivity contribution in [3.8, 4) is 0 Å². The van der Waals surface area contributed by atoms with E-state index in [9.17, 15) is 4.79 Å². The number of nitrogens with zero attached hydrogens (tertiary/aromatic N) is 1. The minimum Gasteiger partial charge on any atom is -0.375 e. The minimum absolute atomic E-state index is 0.105. The Morgan fingerprint density at radius 2 is 2.15 bits per heavy atom. The zero-order valence-electron chi connectivity index (χ0n) is 11.9. The molecule has 1 aliphatic rings. The first kappa shape index (κ1) is 14.5. The number of carbonyl (C=O) groups excluding carboxylic acids is 1. The van der Waals surface area contributed by atoms with Crippen molar-refractivity contribution in [3.05, 3.63) is 60.3 Å². The number of allylic oxidation sites excluding steroid dienone is 1. The molecule has 20 heavy (non-hydrogen) atoms. The number of ketones is 1. The van der Waals surface area contributed by atoms with Gasteiger partial charge in [0.2, 0.25) is 0 Å². The second-order valence-corrected chi connectivity index (χ2v) is 5.27. The van der Waals surface area contributed by atoms with Crippen LogP contribution in [0.2, 0.25) is 0 Å². The summed E-state index contributed by atoms with van der Waals surface area (Å²) < 4.78 is 5.76. The summed E-state index contributed by atoms with van der Waals surface area (Å²) in [6.45, 7) is 7.82. The fraction of sp³-hybridized carbons (Fsp3) is 0.353. The Morgan fingerprint density at radius 3 is 2.85 bits per heavy atom. The van der Waals surface area contributed by atoms with Crippen molar-refractivity contribution in [2.24, 2.45) is 0 Å². The standard InChI is InChI=1S/C17H21NO2/c1-14(2)11-18-9-8-17(19)10-16(18)13-20-12-15-6-4-3-5-7-15/h3-9,16H,1,10-13H2,2H3. The maximum atomic E-state index is 11.5. The van der Waals surface area contributed by atoms with Gasteiger partial charge in [0.25, 0.3) is 0 Å². The molecule has 2 rings (SSSR count). The van der Waals surface area contributed by atoms with E-state index in [0.29, 0.717) is 19.6 Å². The Bertz CT molecular complexity index is 493. The fourth-order valence-corrected chi connectivity index (χ4v) is 2.25. The molecule has 1 aromatic rings. The van der Waals surface area contributed by atoms with Gasteiger partial charge in [-0.25, -0.2) is 0 Å². The maximum Gasteiger partial charge on any atom is 0.159 e. The molecular weight excluding hydrogens is 250 g/mol. The summed E-state index contributed by atoms with van der Waals surface area (Å²) in [4.78, 5) is 13.7. The Labute approximate surface area is 120 Å². The molecule has 1 atom stereocenters. The van der Waals surface area contributed by atoms with Crippen molar-refractivity contribution >= 4 is 5.78 Å². The van der Waals surface area contributed by atoms with Gasteiger partial charge in [0.15, 0.2) is 5.78 Å². The van der Waals surface area contributed by atoms with Gasteiger partial charge in [-0.2, -0.15) is 0 Å². The third kappa shape index (κ3) is 4.35. The number of benzene rings is 1. The zero-order valence-corrected chi connectivity index (χ0v) is 11.9. The summed E-state index contributed by atoms with van der Waals surface area (Å²) in [5.74, 6) is 0.163. The van der Waals surface area contributed by atoms with Crippen LogP contribution < -0.4 is 0 Å². The van der Waals surface area contributed by atoms with Gasteiger partial charge in [-0.05, 0) is 18.6 Å². The summed E-state index contributed by atoms with van der Waals surface area (Å²) in [7, 11) is 0. The van der Waals surface area contributed by atoms with Crippen LogP contribution >= 0.6 is 0 Å². The molecule has 0 saturated carbocycles. The lowest BCUT2D eigenvalue weighted by Gasteiger charge is -2.32. The molecule has 0 saturated heterocycles. The molecule has 0 radical (unpaired) electrons. The second-order valence-electron chi connectivity index (χ2n) is 5.27. The van der Waals surface area contributed by atoms with Crippen molar-refractivity contribution < 1.29 is 9.53 Å². The molecule has 0 aromatic heterocycles. The number of carbonyl (C=O) groups is 1. The normalized spacial score (nSPS) is 18.4. The van der Waals surface area contributed by atoms with Crippen LogP contribution in [0.5, 0.6) is 0 Å². The van der Waals surface area contributed by atoms with Crippen LogP contribution in [0.1, 0.15) is 18.9 Å². The molecule has 3 heteroatoms. The smallest absolute Gasteiger partial charge is 0.159 e. The SMILES string of the molecule is C=C(C)CN1C=CC(=O)CC1COCc1ccccc1. The zero-order chi connectivity index (χ0) is 14.4. The van der Waals surface area contributed by atoms with Crippen molar-refractivity contribution in [1.82, 2.24) is 4.90 Å². The summed E-state index contributed by atoms with van der Waals surface area (Å²) in [5.41, 5.74) is 2.23. The van der Waals surface area contributed by atoms with E-state index in [-0.39, 0.29) is 11.8 Å². The van der Waals surface area contributed by atoms with Gasteiger partial charge in [0, 0.05) is 19.2 Å². The topological polar surface area (TPSA) is 29.5 Å². The van der Waals surface area contributed by atoms with Gasteiger partial charge < -0.3 is 9.64 Å². The Balaban J connectivity index is 1.87. The maximum absolute atomic E-state index is 11.5. The van der Waals surface area contributed by atoms with Gasteiger partial charge in [-0.15, -0.1) is 0 Å². The van der Waals surface area contributed by atoms with Crippen molar-refractivity contribution in [3.63, 3.8) is 0 Å². The van der Waals surface area contributed by atoms with Crippen LogP contribution in [0.25, 0.3) is 0 Å². The predicted octanol–water partition coefficient (Wildman–Crippen LogP) is 2.94. The van der Waals surface area contributed by atoms with E-state index in [0.717, 1.165) is 17.7 Å². The Kier molecular flexibility index (Phi) is 5.13. The average molecular weight is 271 g/mol. The highest BCUT2D eigenvalue weighted by Gasteiger charge is 2.22. The van der Waals surface area contributed by atoms with Crippen LogP contribution in [0.15, 0.2) is 54.8 Å². The van der Waals surface area contributed by atoms with Crippen molar-refractivity contribution in [1.29, 1.82) is 0 Å². The lowest BCUT2D eigenvalue weighted by atomic mass is 10.1. The summed E-state index contributed by atoms with van der Waals surface area (Å²) >= 11 is 0. The first-order chi connectivity index (χ1) is 9.65. The summed E-state index contributed by atoms with van der Waals surface area (Å²) in [5, 5.41) is 0. The Morgan fingerprint density at radius 1 is 1.40 bits per heavy atom. The van der Waals surface area contributed by atoms with E-state index < -0.39 is 0 Å². The van der Waals surface area contributed by atoms with E-state index in [1.54, 1.807) is 6.08 Å². The molecular formula is C17H21NO2. The molecule has 0 bridgehead atoms. The number of ether oxygens (including phenoxy) is 1. The van der Waals surface area contributed by atoms with E-state index in [4.69, 9.17) is 4.74 Å². The summed E-state index contributed by atoms with van der Waals surface area (Å²) in [6.07, 6.45) is 4.01. The first-order valence-corrected chi connectivity index (χ1v) is 6.88. The fourth-order valence-electron chi connectivity index (χ4n) is 2.25. The molecule has 1 heterocycles. The van der Waals surface area contributed by atoms with E-state index in [2.05, 4.69) is 11.5 Å². The molecule has 0 amide bonds. The van der Waals surface area contributed by atoms with Gasteiger partial charge in [0.05, 0.1) is 19.3 Å². The molecule has 106 valence electrons. The van der Waals surface area contributed by atoms with Gasteiger partial charge in [-0.3, -0.25) is 4.79 Å². The Hall–Kier alpha value is -1.87. The molecule has 0 fully saturated rings. The van der Waals surface area contributed by atoms with Crippen molar-refractivity contribution in [2.45, 2.75) is 26.0 Å². The van der Waals surface area contributed by atoms with E-state index >= 15 is 0 Å². The highest BCUT2D eigenvalue weighted by atomic mass is 16.5. The highest BCUT2D eigenvalue weighted by Crippen LogP contribution is 2.15. The van der Waals surface area contributed by atoms with Crippen molar-refractivity contribution in [2.75, 3.05) is 13.2 Å². The summed E-state index contributed by atoms with van der Waals surface area (Å²) in [6, 6.07) is 10.2. The lowest BCUT2D eigenvalue weighted by Crippen LogP contribution is -2.39. The third-order valence-electron chi connectivity index (χ3n) is 3.23. The highest BCUT2D eigenvalue weighted by molar-refractivity contribution is 5.90. The number of hydrogen-bond acceptors (Lipinski definition) is 3. The molecule has 1 aliphatic heterocycles.